The SMILES string of the molecule is COc1cc(/C=C2\SC(=NC3CCCC3)NC2=O)c([N+](=O)[O-])cc1OC(F)F. The third kappa shape index (κ3) is 4.58. The van der Waals surface area contributed by atoms with Crippen LogP contribution in [0.15, 0.2) is 22.0 Å². The van der Waals surface area contributed by atoms with Gasteiger partial charge in [-0.2, -0.15) is 8.78 Å². The predicted molar refractivity (Wildman–Crippen MR) is 99.7 cm³/mol. The first kappa shape index (κ1) is 20.1. The Balaban J connectivity index is 1.93. The number of nitro groups is 1. The van der Waals surface area contributed by atoms with Crippen LogP contribution in [0.4, 0.5) is 14.5 Å². The summed E-state index contributed by atoms with van der Waals surface area (Å²) in [5, 5.41) is 14.5. The zero-order valence-corrected chi connectivity index (χ0v) is 15.6. The summed E-state index contributed by atoms with van der Waals surface area (Å²) in [6.07, 6.45) is 5.44. The standard InChI is InChI=1S/C17H17F2N3O5S/c1-26-12-6-9(11(22(24)25)8-13(12)27-16(18)19)7-14-15(23)21-17(28-14)20-10-4-2-3-5-10/h6-8,10,16H,2-5H2,1H3,(H,20,21,23)/b14-7-. The van der Waals surface area contributed by atoms with Crippen LogP contribution in [0.3, 0.4) is 0 Å². The third-order valence-corrected chi connectivity index (χ3v) is 5.21. The Hall–Kier alpha value is -2.69. The van der Waals surface area contributed by atoms with E-state index >= 15 is 0 Å². The molecule has 2 aliphatic rings. The lowest BCUT2D eigenvalue weighted by atomic mass is 10.1. The molecule has 3 rings (SSSR count). The highest BCUT2D eigenvalue weighted by Gasteiger charge is 2.28. The van der Waals surface area contributed by atoms with Crippen molar-refractivity contribution in [3.8, 4) is 11.5 Å². The number of ether oxygens (including phenoxy) is 2. The molecule has 1 aromatic rings. The van der Waals surface area contributed by atoms with E-state index in [2.05, 4.69) is 15.0 Å². The van der Waals surface area contributed by atoms with Crippen LogP contribution >= 0.6 is 11.8 Å². The zero-order valence-electron chi connectivity index (χ0n) is 14.8. The molecule has 1 amide bonds. The largest absolute Gasteiger partial charge is 0.493 e. The van der Waals surface area contributed by atoms with Gasteiger partial charge in [0.2, 0.25) is 0 Å². The molecule has 0 atom stereocenters. The number of benzene rings is 1. The monoisotopic (exact) mass is 413 g/mol. The molecule has 0 unspecified atom stereocenters. The molecule has 1 saturated carbocycles. The zero-order chi connectivity index (χ0) is 20.3. The van der Waals surface area contributed by atoms with Crippen LogP contribution in [0.5, 0.6) is 11.5 Å². The number of amides is 1. The lowest BCUT2D eigenvalue weighted by Gasteiger charge is -2.11. The number of aliphatic imine (C=N–C) groups is 1. The van der Waals surface area contributed by atoms with Gasteiger partial charge in [-0.1, -0.05) is 12.8 Å². The number of hydrogen-bond donors (Lipinski definition) is 1. The molecular formula is C17H17F2N3O5S. The highest BCUT2D eigenvalue weighted by atomic mass is 32.2. The average molecular weight is 413 g/mol. The average Bonchev–Trinajstić information content (AvgIpc) is 3.25. The lowest BCUT2D eigenvalue weighted by Crippen LogP contribution is -2.21. The van der Waals surface area contributed by atoms with Crippen molar-refractivity contribution in [3.63, 3.8) is 0 Å². The second-order valence-corrected chi connectivity index (χ2v) is 7.17. The molecule has 150 valence electrons. The van der Waals surface area contributed by atoms with Gasteiger partial charge in [0.1, 0.15) is 0 Å². The van der Waals surface area contributed by atoms with Gasteiger partial charge in [-0.15, -0.1) is 0 Å². The molecule has 1 N–H and O–H groups in total. The van der Waals surface area contributed by atoms with Crippen molar-refractivity contribution in [1.29, 1.82) is 0 Å². The van der Waals surface area contributed by atoms with E-state index in [4.69, 9.17) is 4.74 Å². The number of nitrogens with one attached hydrogen (secondary N) is 1. The van der Waals surface area contributed by atoms with E-state index < -0.39 is 28.9 Å². The first-order valence-corrected chi connectivity index (χ1v) is 9.29. The Morgan fingerprint density at radius 2 is 2.07 bits per heavy atom. The molecule has 1 aliphatic carbocycles. The fourth-order valence-electron chi connectivity index (χ4n) is 3.02. The van der Waals surface area contributed by atoms with Crippen molar-refractivity contribution in [3.05, 3.63) is 32.7 Å². The maximum atomic E-state index is 12.5. The fraction of sp³-hybridized carbons (Fsp3) is 0.412. The van der Waals surface area contributed by atoms with Crippen molar-refractivity contribution in [2.75, 3.05) is 7.11 Å². The smallest absolute Gasteiger partial charge is 0.387 e. The predicted octanol–water partition coefficient (Wildman–Crippen LogP) is 3.71. The normalized spacial score (nSPS) is 20.2. The van der Waals surface area contributed by atoms with E-state index in [1.807, 2.05) is 0 Å². The summed E-state index contributed by atoms with van der Waals surface area (Å²) in [7, 11) is 1.22. The maximum absolute atomic E-state index is 12.5. The number of rotatable bonds is 6. The number of nitro benzene ring substituents is 1. The lowest BCUT2D eigenvalue weighted by molar-refractivity contribution is -0.385. The first-order chi connectivity index (χ1) is 13.4. The Kier molecular flexibility index (Phi) is 6.12. The summed E-state index contributed by atoms with van der Waals surface area (Å²) < 4.78 is 34.3. The van der Waals surface area contributed by atoms with E-state index in [1.54, 1.807) is 0 Å². The molecule has 0 spiro atoms. The summed E-state index contributed by atoms with van der Waals surface area (Å²) in [6, 6.07) is 2.20. The number of carbonyl (C=O) groups excluding carboxylic acids is 1. The Morgan fingerprint density at radius 3 is 2.68 bits per heavy atom. The number of hydrogen-bond acceptors (Lipinski definition) is 7. The molecule has 1 saturated heterocycles. The Bertz CT molecular complexity index is 853. The number of thioether (sulfide) groups is 1. The molecule has 0 bridgehead atoms. The summed E-state index contributed by atoms with van der Waals surface area (Å²) in [6.45, 7) is -3.16. The second-order valence-electron chi connectivity index (χ2n) is 6.13. The minimum absolute atomic E-state index is 0.0308. The molecule has 2 fully saturated rings. The summed E-state index contributed by atoms with van der Waals surface area (Å²) >= 11 is 1.08. The number of alkyl halides is 2. The third-order valence-electron chi connectivity index (χ3n) is 4.29. The van der Waals surface area contributed by atoms with Crippen LogP contribution in [0.1, 0.15) is 31.2 Å². The Morgan fingerprint density at radius 1 is 1.36 bits per heavy atom. The molecule has 1 aliphatic heterocycles. The van der Waals surface area contributed by atoms with Crippen molar-refractivity contribution >= 4 is 34.6 Å². The quantitative estimate of drug-likeness (QED) is 0.433. The first-order valence-electron chi connectivity index (χ1n) is 8.47. The number of halogens is 2. The van der Waals surface area contributed by atoms with Gasteiger partial charge in [-0.25, -0.2) is 0 Å². The summed E-state index contributed by atoms with van der Waals surface area (Å²) in [5.74, 6) is -0.998. The molecule has 28 heavy (non-hydrogen) atoms. The maximum Gasteiger partial charge on any atom is 0.387 e. The number of nitrogens with zero attached hydrogens (tertiary/aromatic N) is 2. The van der Waals surface area contributed by atoms with Crippen LogP contribution < -0.4 is 14.8 Å². The minimum atomic E-state index is -3.16. The van der Waals surface area contributed by atoms with Crippen molar-refractivity contribution < 1.29 is 28.0 Å². The van der Waals surface area contributed by atoms with Gasteiger partial charge >= 0.3 is 6.61 Å². The number of amidine groups is 1. The molecule has 0 radical (unpaired) electrons. The van der Waals surface area contributed by atoms with Crippen LogP contribution in [0.25, 0.3) is 6.08 Å². The van der Waals surface area contributed by atoms with E-state index in [9.17, 15) is 23.7 Å². The van der Waals surface area contributed by atoms with Gasteiger partial charge < -0.3 is 14.8 Å². The highest BCUT2D eigenvalue weighted by molar-refractivity contribution is 8.18. The van der Waals surface area contributed by atoms with E-state index in [1.165, 1.54) is 19.3 Å². The van der Waals surface area contributed by atoms with Gasteiger partial charge in [0.25, 0.3) is 11.6 Å². The Labute approximate surface area is 163 Å². The van der Waals surface area contributed by atoms with Gasteiger partial charge in [0.05, 0.1) is 34.6 Å². The van der Waals surface area contributed by atoms with E-state index in [-0.39, 0.29) is 22.3 Å². The minimum Gasteiger partial charge on any atom is -0.493 e. The van der Waals surface area contributed by atoms with E-state index in [0.29, 0.717) is 5.17 Å². The molecular weight excluding hydrogens is 396 g/mol. The van der Waals surface area contributed by atoms with Crippen LogP contribution in [-0.2, 0) is 4.79 Å². The van der Waals surface area contributed by atoms with Crippen LogP contribution in [0.2, 0.25) is 0 Å². The van der Waals surface area contributed by atoms with Gasteiger partial charge in [-0.05, 0) is 36.7 Å². The summed E-state index contributed by atoms with van der Waals surface area (Å²) in [5.41, 5.74) is -0.457. The molecule has 0 aromatic heterocycles. The van der Waals surface area contributed by atoms with Crippen LogP contribution in [-0.4, -0.2) is 35.8 Å². The number of methoxy groups -OCH3 is 1. The van der Waals surface area contributed by atoms with Gasteiger partial charge in [-0.3, -0.25) is 19.9 Å². The van der Waals surface area contributed by atoms with Crippen molar-refractivity contribution in [1.82, 2.24) is 5.32 Å². The van der Waals surface area contributed by atoms with Gasteiger partial charge in [0, 0.05) is 0 Å². The van der Waals surface area contributed by atoms with Crippen molar-refractivity contribution in [2.45, 2.75) is 38.3 Å². The molecule has 11 heteroatoms. The fourth-order valence-corrected chi connectivity index (χ4v) is 3.90. The van der Waals surface area contributed by atoms with Crippen LogP contribution in [0, 0.1) is 10.1 Å². The van der Waals surface area contributed by atoms with E-state index in [0.717, 1.165) is 43.5 Å². The topological polar surface area (TPSA) is 103 Å². The number of carbonyl (C=O) groups is 1. The van der Waals surface area contributed by atoms with Gasteiger partial charge in [0.15, 0.2) is 16.7 Å². The molecule has 8 nitrogen and oxygen atoms in total. The highest BCUT2D eigenvalue weighted by Crippen LogP contribution is 2.38. The molecule has 1 heterocycles. The second kappa shape index (κ2) is 8.55. The van der Waals surface area contributed by atoms with Crippen molar-refractivity contribution in [2.24, 2.45) is 4.99 Å². The summed E-state index contributed by atoms with van der Waals surface area (Å²) in [4.78, 5) is 27.5. The molecule has 1 aromatic carbocycles.